The summed E-state index contributed by atoms with van der Waals surface area (Å²) in [7, 11) is 1.67. The van der Waals surface area contributed by atoms with E-state index < -0.39 is 0 Å². The lowest BCUT2D eigenvalue weighted by Crippen LogP contribution is -2.20. The molecule has 0 radical (unpaired) electrons. The van der Waals surface area contributed by atoms with Gasteiger partial charge in [0.25, 0.3) is 0 Å². The lowest BCUT2D eigenvalue weighted by molar-refractivity contribution is 0.727. The van der Waals surface area contributed by atoms with Gasteiger partial charge in [0.1, 0.15) is 0 Å². The lowest BCUT2D eigenvalue weighted by Gasteiger charge is -2.09. The van der Waals surface area contributed by atoms with Crippen LogP contribution in [0.15, 0.2) is 16.9 Å². The molecule has 2 heterocycles. The Morgan fingerprint density at radius 3 is 2.60 bits per heavy atom. The van der Waals surface area contributed by atoms with Gasteiger partial charge >= 0.3 is 5.69 Å². The van der Waals surface area contributed by atoms with Crippen molar-refractivity contribution in [1.82, 2.24) is 14.2 Å². The smallest absolute Gasteiger partial charge is 0.247 e. The standard InChI is InChI=1S/C11H15N3O/c1-7(2)9-5-6-10-12-13(4)11(15)14(10)8(9)3/h5-7H,1-4H3. The molecule has 2 aromatic heterocycles. The first-order valence-electron chi connectivity index (χ1n) is 5.07. The maximum atomic E-state index is 11.8. The lowest BCUT2D eigenvalue weighted by atomic mass is 10.0. The molecule has 0 saturated heterocycles. The minimum absolute atomic E-state index is 0.0787. The molecule has 0 aromatic carbocycles. The van der Waals surface area contributed by atoms with E-state index >= 15 is 0 Å². The highest BCUT2D eigenvalue weighted by Crippen LogP contribution is 2.18. The second-order valence-corrected chi connectivity index (χ2v) is 4.13. The van der Waals surface area contributed by atoms with E-state index in [9.17, 15) is 4.79 Å². The third kappa shape index (κ3) is 1.37. The Balaban J connectivity index is 2.89. The van der Waals surface area contributed by atoms with Crippen LogP contribution in [-0.4, -0.2) is 14.2 Å². The molecule has 0 fully saturated rings. The summed E-state index contributed by atoms with van der Waals surface area (Å²) >= 11 is 0. The van der Waals surface area contributed by atoms with Crippen molar-refractivity contribution >= 4 is 5.65 Å². The third-order valence-corrected chi connectivity index (χ3v) is 2.74. The Bertz CT molecular complexity index is 563. The molecule has 4 nitrogen and oxygen atoms in total. The van der Waals surface area contributed by atoms with Gasteiger partial charge in [0.05, 0.1) is 0 Å². The number of pyridine rings is 1. The van der Waals surface area contributed by atoms with E-state index in [2.05, 4.69) is 18.9 Å². The average molecular weight is 205 g/mol. The van der Waals surface area contributed by atoms with Crippen LogP contribution in [0, 0.1) is 6.92 Å². The van der Waals surface area contributed by atoms with Crippen LogP contribution in [0.2, 0.25) is 0 Å². The van der Waals surface area contributed by atoms with Gasteiger partial charge < -0.3 is 0 Å². The van der Waals surface area contributed by atoms with Crippen LogP contribution in [0.1, 0.15) is 31.0 Å². The van der Waals surface area contributed by atoms with Crippen LogP contribution >= 0.6 is 0 Å². The maximum absolute atomic E-state index is 11.8. The Kier molecular flexibility index (Phi) is 2.14. The first kappa shape index (κ1) is 9.96. The van der Waals surface area contributed by atoms with Crippen molar-refractivity contribution in [1.29, 1.82) is 0 Å². The van der Waals surface area contributed by atoms with Crippen molar-refractivity contribution in [2.24, 2.45) is 7.05 Å². The largest absolute Gasteiger partial charge is 0.350 e. The summed E-state index contributed by atoms with van der Waals surface area (Å²) in [5.74, 6) is 0.418. The van der Waals surface area contributed by atoms with Crippen LogP contribution < -0.4 is 5.69 Å². The monoisotopic (exact) mass is 205 g/mol. The van der Waals surface area contributed by atoms with Crippen LogP contribution in [-0.2, 0) is 7.05 Å². The molecule has 0 saturated carbocycles. The van der Waals surface area contributed by atoms with Crippen molar-refractivity contribution in [2.75, 3.05) is 0 Å². The second-order valence-electron chi connectivity index (χ2n) is 4.13. The summed E-state index contributed by atoms with van der Waals surface area (Å²) in [6, 6.07) is 3.94. The number of aromatic nitrogens is 3. The van der Waals surface area contributed by atoms with E-state index in [0.717, 1.165) is 5.69 Å². The van der Waals surface area contributed by atoms with Gasteiger partial charge in [0.15, 0.2) is 5.65 Å². The third-order valence-electron chi connectivity index (χ3n) is 2.74. The van der Waals surface area contributed by atoms with Gasteiger partial charge in [-0.05, 0) is 24.5 Å². The predicted octanol–water partition coefficient (Wildman–Crippen LogP) is 1.46. The predicted molar refractivity (Wildman–Crippen MR) is 59.3 cm³/mol. The molecule has 0 N–H and O–H groups in total. The molecule has 0 bridgehead atoms. The molecule has 0 atom stereocenters. The van der Waals surface area contributed by atoms with Gasteiger partial charge in [-0.1, -0.05) is 19.9 Å². The number of hydrogen-bond acceptors (Lipinski definition) is 2. The number of hydrogen-bond donors (Lipinski definition) is 0. The molecule has 0 spiro atoms. The van der Waals surface area contributed by atoms with E-state index in [1.54, 1.807) is 11.4 Å². The van der Waals surface area contributed by atoms with Crippen molar-refractivity contribution in [3.05, 3.63) is 33.9 Å². The van der Waals surface area contributed by atoms with E-state index in [4.69, 9.17) is 0 Å². The Labute approximate surface area is 88.2 Å². The fraction of sp³-hybridized carbons (Fsp3) is 0.455. The molecule has 2 aromatic rings. The van der Waals surface area contributed by atoms with E-state index in [1.807, 2.05) is 19.1 Å². The zero-order chi connectivity index (χ0) is 11.2. The summed E-state index contributed by atoms with van der Waals surface area (Å²) in [5, 5.41) is 4.14. The Hall–Kier alpha value is -1.58. The molecule has 2 rings (SSSR count). The minimum Gasteiger partial charge on any atom is -0.247 e. The molecule has 0 aliphatic carbocycles. The van der Waals surface area contributed by atoms with E-state index in [0.29, 0.717) is 11.6 Å². The van der Waals surface area contributed by atoms with Crippen molar-refractivity contribution < 1.29 is 0 Å². The number of fused-ring (bicyclic) bond motifs is 1. The molecule has 0 amide bonds. The summed E-state index contributed by atoms with van der Waals surface area (Å²) < 4.78 is 3.03. The molecule has 15 heavy (non-hydrogen) atoms. The zero-order valence-electron chi connectivity index (χ0n) is 9.48. The summed E-state index contributed by atoms with van der Waals surface area (Å²) in [6.45, 7) is 6.20. The van der Waals surface area contributed by atoms with Gasteiger partial charge in [0.2, 0.25) is 0 Å². The first-order valence-corrected chi connectivity index (χ1v) is 5.07. The van der Waals surface area contributed by atoms with Crippen LogP contribution in [0.25, 0.3) is 5.65 Å². The highest BCUT2D eigenvalue weighted by Gasteiger charge is 2.11. The van der Waals surface area contributed by atoms with Gasteiger partial charge in [-0.25, -0.2) is 13.9 Å². The summed E-state index contributed by atoms with van der Waals surface area (Å²) in [6.07, 6.45) is 0. The normalized spacial score (nSPS) is 11.5. The van der Waals surface area contributed by atoms with Crippen LogP contribution in [0.4, 0.5) is 0 Å². The molecule has 4 heteroatoms. The van der Waals surface area contributed by atoms with Gasteiger partial charge in [-0.15, -0.1) is 0 Å². The molecule has 0 aliphatic rings. The quantitative estimate of drug-likeness (QED) is 0.707. The summed E-state index contributed by atoms with van der Waals surface area (Å²) in [5.41, 5.74) is 2.81. The molecule has 0 aliphatic heterocycles. The maximum Gasteiger partial charge on any atom is 0.350 e. The number of rotatable bonds is 1. The van der Waals surface area contributed by atoms with Crippen molar-refractivity contribution in [3.63, 3.8) is 0 Å². The zero-order valence-corrected chi connectivity index (χ0v) is 9.48. The topological polar surface area (TPSA) is 39.3 Å². The van der Waals surface area contributed by atoms with Gasteiger partial charge in [0, 0.05) is 12.7 Å². The van der Waals surface area contributed by atoms with Crippen molar-refractivity contribution in [2.45, 2.75) is 26.7 Å². The van der Waals surface area contributed by atoms with Crippen molar-refractivity contribution in [3.8, 4) is 0 Å². The van der Waals surface area contributed by atoms with E-state index in [1.165, 1.54) is 10.2 Å². The Morgan fingerprint density at radius 2 is 2.00 bits per heavy atom. The minimum atomic E-state index is -0.0787. The first-order chi connectivity index (χ1) is 7.02. The second kappa shape index (κ2) is 3.22. The van der Waals surface area contributed by atoms with E-state index in [-0.39, 0.29) is 5.69 Å². The number of nitrogens with zero attached hydrogens (tertiary/aromatic N) is 3. The fourth-order valence-corrected chi connectivity index (χ4v) is 1.93. The van der Waals surface area contributed by atoms with Gasteiger partial charge in [-0.3, -0.25) is 0 Å². The molecular formula is C11H15N3O. The fourth-order valence-electron chi connectivity index (χ4n) is 1.93. The molecular weight excluding hydrogens is 190 g/mol. The average Bonchev–Trinajstić information content (AvgIpc) is 2.43. The highest BCUT2D eigenvalue weighted by molar-refractivity contribution is 5.42. The van der Waals surface area contributed by atoms with Gasteiger partial charge in [-0.2, -0.15) is 5.10 Å². The van der Waals surface area contributed by atoms with Crippen LogP contribution in [0.5, 0.6) is 0 Å². The van der Waals surface area contributed by atoms with Crippen LogP contribution in [0.3, 0.4) is 0 Å². The Morgan fingerprint density at radius 1 is 1.33 bits per heavy atom. The summed E-state index contributed by atoms with van der Waals surface area (Å²) in [4.78, 5) is 11.8. The SMILES string of the molecule is Cc1c(C(C)C)ccc2nn(C)c(=O)n12. The highest BCUT2D eigenvalue weighted by atomic mass is 16.2. The molecule has 80 valence electrons. The molecule has 0 unspecified atom stereocenters. The number of aryl methyl sites for hydroxylation is 2.